The van der Waals surface area contributed by atoms with Gasteiger partial charge in [-0.2, -0.15) is 0 Å². The third-order valence-corrected chi connectivity index (χ3v) is 3.10. The number of nitrogen functional groups attached to an aromatic ring is 1. The first-order valence-electron chi connectivity index (χ1n) is 5.43. The molecule has 8 heteroatoms. The molecule has 0 unspecified atom stereocenters. The molecule has 2 aromatic rings. The Bertz CT molecular complexity index is 602. The van der Waals surface area contributed by atoms with E-state index in [-0.39, 0.29) is 12.3 Å². The van der Waals surface area contributed by atoms with Crippen LogP contribution in [0.4, 0.5) is 16.4 Å². The van der Waals surface area contributed by atoms with Crippen LogP contribution in [0.2, 0.25) is 5.02 Å². The highest BCUT2D eigenvalue weighted by Gasteiger charge is 2.18. The van der Waals surface area contributed by atoms with Crippen molar-refractivity contribution in [3.8, 4) is 0 Å². The molecule has 1 heterocycles. The Kier molecular flexibility index (Phi) is 4.18. The number of carbonyl (C=O) groups is 1. The molecule has 0 atom stereocenters. The molecular formula is C11H11ClN4O2S. The predicted octanol–water partition coefficient (Wildman–Crippen LogP) is 2.69. The van der Waals surface area contributed by atoms with Gasteiger partial charge in [0.15, 0.2) is 0 Å². The fourth-order valence-corrected chi connectivity index (χ4v) is 2.11. The van der Waals surface area contributed by atoms with Crippen molar-refractivity contribution in [1.82, 2.24) is 9.59 Å². The molecule has 2 rings (SSSR count). The Morgan fingerprint density at radius 1 is 1.58 bits per heavy atom. The average Bonchev–Trinajstić information content (AvgIpc) is 2.82. The fourth-order valence-electron chi connectivity index (χ4n) is 1.36. The third-order valence-electron chi connectivity index (χ3n) is 2.22. The smallest absolute Gasteiger partial charge is 0.362 e. The lowest BCUT2D eigenvalue weighted by molar-refractivity contribution is 0.0520. The second-order valence-electron chi connectivity index (χ2n) is 3.53. The molecule has 0 radical (unpaired) electrons. The first-order chi connectivity index (χ1) is 9.11. The first kappa shape index (κ1) is 13.6. The molecule has 1 aromatic carbocycles. The number of hydrogen-bond acceptors (Lipinski definition) is 7. The highest BCUT2D eigenvalue weighted by atomic mass is 35.5. The van der Waals surface area contributed by atoms with Crippen LogP contribution in [0.25, 0.3) is 0 Å². The van der Waals surface area contributed by atoms with E-state index >= 15 is 0 Å². The molecule has 0 bridgehead atoms. The summed E-state index contributed by atoms with van der Waals surface area (Å²) in [5.74, 6) is -0.528. The summed E-state index contributed by atoms with van der Waals surface area (Å²) in [6, 6.07) is 5.01. The number of aromatic nitrogens is 2. The van der Waals surface area contributed by atoms with Gasteiger partial charge in [-0.15, -0.1) is 5.10 Å². The van der Waals surface area contributed by atoms with E-state index in [1.807, 2.05) is 0 Å². The van der Waals surface area contributed by atoms with E-state index in [0.717, 1.165) is 11.5 Å². The monoisotopic (exact) mass is 298 g/mol. The molecule has 19 heavy (non-hydrogen) atoms. The summed E-state index contributed by atoms with van der Waals surface area (Å²) in [5.41, 5.74) is 7.04. The summed E-state index contributed by atoms with van der Waals surface area (Å²) >= 11 is 6.94. The average molecular weight is 299 g/mol. The number of nitrogens with one attached hydrogen (secondary N) is 1. The van der Waals surface area contributed by atoms with E-state index in [9.17, 15) is 4.79 Å². The molecule has 3 N–H and O–H groups in total. The molecule has 0 aliphatic carbocycles. The summed E-state index contributed by atoms with van der Waals surface area (Å²) in [4.78, 5) is 11.7. The molecule has 0 fully saturated rings. The van der Waals surface area contributed by atoms with Crippen molar-refractivity contribution in [2.75, 3.05) is 17.7 Å². The Morgan fingerprint density at radius 3 is 3.11 bits per heavy atom. The normalized spacial score (nSPS) is 10.2. The highest BCUT2D eigenvalue weighted by Crippen LogP contribution is 2.29. The molecule has 0 amide bonds. The molecule has 6 nitrogen and oxygen atoms in total. The molecule has 0 aliphatic rings. The van der Waals surface area contributed by atoms with Crippen LogP contribution in [0.15, 0.2) is 18.2 Å². The van der Waals surface area contributed by atoms with Crippen LogP contribution in [-0.2, 0) is 4.74 Å². The van der Waals surface area contributed by atoms with Crippen LogP contribution in [0.3, 0.4) is 0 Å². The Balaban J connectivity index is 2.26. The van der Waals surface area contributed by atoms with E-state index in [0.29, 0.717) is 21.4 Å². The van der Waals surface area contributed by atoms with Crippen LogP contribution >= 0.6 is 23.1 Å². The largest absolute Gasteiger partial charge is 0.461 e. The summed E-state index contributed by atoms with van der Waals surface area (Å²) in [6.45, 7) is 1.99. The van der Waals surface area contributed by atoms with E-state index < -0.39 is 5.97 Å². The van der Waals surface area contributed by atoms with Crippen LogP contribution in [0.1, 0.15) is 17.4 Å². The van der Waals surface area contributed by atoms with Gasteiger partial charge in [-0.05, 0) is 25.1 Å². The zero-order chi connectivity index (χ0) is 13.8. The SMILES string of the molecule is CCOC(=O)c1nnsc1Nc1cc(Cl)ccc1N. The number of anilines is 3. The maximum atomic E-state index is 11.7. The van der Waals surface area contributed by atoms with Gasteiger partial charge in [-0.25, -0.2) is 4.79 Å². The Labute approximate surface area is 118 Å². The number of esters is 1. The second-order valence-corrected chi connectivity index (χ2v) is 4.72. The van der Waals surface area contributed by atoms with E-state index in [1.165, 1.54) is 0 Å². The van der Waals surface area contributed by atoms with Gasteiger partial charge in [0.05, 0.1) is 18.0 Å². The van der Waals surface area contributed by atoms with Crippen molar-refractivity contribution in [3.63, 3.8) is 0 Å². The molecule has 1 aromatic heterocycles. The first-order valence-corrected chi connectivity index (χ1v) is 6.58. The highest BCUT2D eigenvalue weighted by molar-refractivity contribution is 7.10. The van der Waals surface area contributed by atoms with Crippen molar-refractivity contribution in [2.45, 2.75) is 6.92 Å². The van der Waals surface area contributed by atoms with Gasteiger partial charge in [-0.3, -0.25) is 0 Å². The van der Waals surface area contributed by atoms with Crippen LogP contribution in [-0.4, -0.2) is 22.2 Å². The molecule has 0 spiro atoms. The molecule has 0 saturated heterocycles. The van der Waals surface area contributed by atoms with E-state index in [2.05, 4.69) is 14.9 Å². The molecule has 0 saturated carbocycles. The minimum absolute atomic E-state index is 0.131. The van der Waals surface area contributed by atoms with Crippen LogP contribution in [0.5, 0.6) is 0 Å². The summed E-state index contributed by atoms with van der Waals surface area (Å²) < 4.78 is 8.61. The fraction of sp³-hybridized carbons (Fsp3) is 0.182. The Hall–Kier alpha value is -1.86. The Morgan fingerprint density at radius 2 is 2.37 bits per heavy atom. The quantitative estimate of drug-likeness (QED) is 0.666. The second kappa shape index (κ2) is 5.85. The molecular weight excluding hydrogens is 288 g/mol. The van der Waals surface area contributed by atoms with Crippen LogP contribution < -0.4 is 11.1 Å². The van der Waals surface area contributed by atoms with Gasteiger partial charge in [0.25, 0.3) is 0 Å². The lowest BCUT2D eigenvalue weighted by atomic mass is 10.2. The third kappa shape index (κ3) is 3.12. The lowest BCUT2D eigenvalue weighted by Crippen LogP contribution is -2.08. The van der Waals surface area contributed by atoms with Gasteiger partial charge in [-0.1, -0.05) is 16.1 Å². The van der Waals surface area contributed by atoms with Crippen molar-refractivity contribution in [1.29, 1.82) is 0 Å². The number of benzene rings is 1. The minimum Gasteiger partial charge on any atom is -0.461 e. The van der Waals surface area contributed by atoms with Gasteiger partial charge >= 0.3 is 5.97 Å². The maximum Gasteiger partial charge on any atom is 0.362 e. The molecule has 100 valence electrons. The lowest BCUT2D eigenvalue weighted by Gasteiger charge is -2.08. The van der Waals surface area contributed by atoms with Gasteiger partial charge in [0, 0.05) is 16.6 Å². The van der Waals surface area contributed by atoms with Crippen molar-refractivity contribution in [3.05, 3.63) is 28.9 Å². The number of carbonyl (C=O) groups excluding carboxylic acids is 1. The number of halogens is 1. The van der Waals surface area contributed by atoms with Gasteiger partial charge < -0.3 is 15.8 Å². The number of nitrogens with two attached hydrogens (primary N) is 1. The summed E-state index contributed by atoms with van der Waals surface area (Å²) in [5, 5.41) is 7.72. The number of nitrogens with zero attached hydrogens (tertiary/aromatic N) is 2. The number of rotatable bonds is 4. The topological polar surface area (TPSA) is 90.1 Å². The van der Waals surface area contributed by atoms with Crippen LogP contribution in [0, 0.1) is 0 Å². The van der Waals surface area contributed by atoms with E-state index in [1.54, 1.807) is 25.1 Å². The summed E-state index contributed by atoms with van der Waals surface area (Å²) in [7, 11) is 0. The van der Waals surface area contributed by atoms with Crippen molar-refractivity contribution in [2.24, 2.45) is 0 Å². The predicted molar refractivity (Wildman–Crippen MR) is 75.0 cm³/mol. The van der Waals surface area contributed by atoms with Crippen molar-refractivity contribution >= 4 is 45.5 Å². The van der Waals surface area contributed by atoms with E-state index in [4.69, 9.17) is 22.1 Å². The van der Waals surface area contributed by atoms with Gasteiger partial charge in [0.2, 0.25) is 5.69 Å². The molecule has 0 aliphatic heterocycles. The summed E-state index contributed by atoms with van der Waals surface area (Å²) in [6.07, 6.45) is 0. The van der Waals surface area contributed by atoms with Gasteiger partial charge in [0.1, 0.15) is 5.00 Å². The minimum atomic E-state index is -0.528. The number of hydrogen-bond donors (Lipinski definition) is 2. The standard InChI is InChI=1S/C11H11ClN4O2S/c1-2-18-11(17)9-10(19-16-15-9)14-8-5-6(12)3-4-7(8)13/h3-5,14H,2,13H2,1H3. The number of ether oxygens (including phenoxy) is 1. The zero-order valence-corrected chi connectivity index (χ0v) is 11.6. The van der Waals surface area contributed by atoms with Crippen molar-refractivity contribution < 1.29 is 9.53 Å². The maximum absolute atomic E-state index is 11.7. The zero-order valence-electron chi connectivity index (χ0n) is 10.0.